The number of sulfonamides is 1. The van der Waals surface area contributed by atoms with E-state index in [1.54, 1.807) is 34.8 Å². The zero-order valence-corrected chi connectivity index (χ0v) is 16.1. The van der Waals surface area contributed by atoms with E-state index >= 15 is 0 Å². The van der Waals surface area contributed by atoms with Crippen LogP contribution < -0.4 is 4.31 Å². The Morgan fingerprint density at radius 3 is 2.50 bits per heavy atom. The lowest BCUT2D eigenvalue weighted by Crippen LogP contribution is -2.33. The van der Waals surface area contributed by atoms with Crippen molar-refractivity contribution in [3.63, 3.8) is 0 Å². The van der Waals surface area contributed by atoms with Crippen molar-refractivity contribution in [2.75, 3.05) is 10.8 Å². The van der Waals surface area contributed by atoms with Gasteiger partial charge in [-0.25, -0.2) is 17.7 Å². The molecule has 26 heavy (non-hydrogen) atoms. The van der Waals surface area contributed by atoms with Gasteiger partial charge in [0.05, 0.1) is 4.90 Å². The van der Waals surface area contributed by atoms with Crippen LogP contribution in [0.2, 0.25) is 0 Å². The van der Waals surface area contributed by atoms with Crippen molar-refractivity contribution in [3.8, 4) is 0 Å². The SMILES string of the molecule is CCCCCN(c1nc2nc(C)cc(C)n2n1)S(=O)(=O)c1ccccc1. The molecule has 0 N–H and O–H groups in total. The lowest BCUT2D eigenvalue weighted by Gasteiger charge is -2.20. The van der Waals surface area contributed by atoms with Gasteiger partial charge in [0.2, 0.25) is 0 Å². The van der Waals surface area contributed by atoms with Crippen LogP contribution in [0.1, 0.15) is 37.6 Å². The lowest BCUT2D eigenvalue weighted by atomic mass is 10.2. The maximum Gasteiger partial charge on any atom is 0.266 e. The highest BCUT2D eigenvalue weighted by Gasteiger charge is 2.28. The second kappa shape index (κ2) is 7.41. The summed E-state index contributed by atoms with van der Waals surface area (Å²) in [6.45, 7) is 6.18. The highest BCUT2D eigenvalue weighted by Crippen LogP contribution is 2.22. The van der Waals surface area contributed by atoms with Gasteiger partial charge in [0.25, 0.3) is 21.7 Å². The van der Waals surface area contributed by atoms with E-state index in [1.165, 1.54) is 4.31 Å². The van der Waals surface area contributed by atoms with Crippen molar-refractivity contribution < 1.29 is 8.42 Å². The van der Waals surface area contributed by atoms with Crippen molar-refractivity contribution in [3.05, 3.63) is 47.8 Å². The molecule has 1 aromatic carbocycles. The molecule has 0 spiro atoms. The maximum absolute atomic E-state index is 13.2. The smallest absolute Gasteiger partial charge is 0.232 e. The zero-order chi connectivity index (χ0) is 18.7. The summed E-state index contributed by atoms with van der Waals surface area (Å²) in [5.74, 6) is 0.562. The maximum atomic E-state index is 13.2. The van der Waals surface area contributed by atoms with E-state index in [0.717, 1.165) is 30.7 Å². The number of benzene rings is 1. The van der Waals surface area contributed by atoms with Gasteiger partial charge in [-0.2, -0.15) is 9.50 Å². The number of nitrogens with zero attached hydrogens (tertiary/aromatic N) is 5. The monoisotopic (exact) mass is 373 g/mol. The van der Waals surface area contributed by atoms with E-state index in [0.29, 0.717) is 12.3 Å². The van der Waals surface area contributed by atoms with Crippen LogP contribution >= 0.6 is 0 Å². The van der Waals surface area contributed by atoms with Crippen LogP contribution in [0, 0.1) is 13.8 Å². The van der Waals surface area contributed by atoms with Crippen LogP contribution in [0.5, 0.6) is 0 Å². The first kappa shape index (κ1) is 18.3. The quantitative estimate of drug-likeness (QED) is 0.595. The molecular formula is C18H23N5O2S. The van der Waals surface area contributed by atoms with Crippen molar-refractivity contribution in [2.24, 2.45) is 0 Å². The van der Waals surface area contributed by atoms with E-state index in [2.05, 4.69) is 22.0 Å². The van der Waals surface area contributed by atoms with E-state index in [1.807, 2.05) is 19.9 Å². The fourth-order valence-electron chi connectivity index (χ4n) is 2.81. The third-order valence-corrected chi connectivity index (χ3v) is 5.92. The predicted octanol–water partition coefficient (Wildman–Crippen LogP) is 3.13. The molecule has 0 saturated heterocycles. The third kappa shape index (κ3) is 3.55. The summed E-state index contributed by atoms with van der Waals surface area (Å²) in [4.78, 5) is 8.98. The number of anilines is 1. The first-order valence-electron chi connectivity index (χ1n) is 8.72. The molecule has 7 nitrogen and oxygen atoms in total. The van der Waals surface area contributed by atoms with Gasteiger partial charge in [0.15, 0.2) is 0 Å². The van der Waals surface area contributed by atoms with Gasteiger partial charge in [-0.05, 0) is 38.5 Å². The molecule has 0 amide bonds. The van der Waals surface area contributed by atoms with Crippen LogP contribution in [0.15, 0.2) is 41.3 Å². The first-order chi connectivity index (χ1) is 12.4. The Kier molecular flexibility index (Phi) is 5.22. The average molecular weight is 373 g/mol. The summed E-state index contributed by atoms with van der Waals surface area (Å²) in [6.07, 6.45) is 2.67. The third-order valence-electron chi connectivity index (χ3n) is 4.13. The Balaban J connectivity index is 2.08. The predicted molar refractivity (Wildman–Crippen MR) is 101 cm³/mol. The summed E-state index contributed by atoms with van der Waals surface area (Å²) in [5, 5.41) is 4.41. The molecule has 0 aliphatic heterocycles. The van der Waals surface area contributed by atoms with Gasteiger partial charge >= 0.3 is 0 Å². The second-order valence-electron chi connectivity index (χ2n) is 6.26. The molecule has 138 valence electrons. The van der Waals surface area contributed by atoms with Crippen LogP contribution in [0.25, 0.3) is 5.78 Å². The number of aromatic nitrogens is 4. The van der Waals surface area contributed by atoms with Gasteiger partial charge < -0.3 is 0 Å². The molecule has 0 radical (unpaired) electrons. The van der Waals surface area contributed by atoms with Crippen molar-refractivity contribution in [2.45, 2.75) is 44.9 Å². The Bertz CT molecular complexity index is 999. The number of unbranched alkanes of at least 4 members (excludes halogenated alkanes) is 2. The molecular weight excluding hydrogens is 350 g/mol. The molecule has 0 unspecified atom stereocenters. The van der Waals surface area contributed by atoms with Crippen molar-refractivity contribution in [1.82, 2.24) is 19.6 Å². The topological polar surface area (TPSA) is 80.5 Å². The van der Waals surface area contributed by atoms with Gasteiger partial charge in [-0.3, -0.25) is 0 Å². The number of hydrogen-bond acceptors (Lipinski definition) is 5. The molecule has 2 aromatic heterocycles. The highest BCUT2D eigenvalue weighted by atomic mass is 32.2. The fourth-order valence-corrected chi connectivity index (χ4v) is 4.23. The fraction of sp³-hybridized carbons (Fsp3) is 0.389. The summed E-state index contributed by atoms with van der Waals surface area (Å²) in [5.41, 5.74) is 1.68. The average Bonchev–Trinajstić information content (AvgIpc) is 3.03. The molecule has 0 fully saturated rings. The minimum Gasteiger partial charge on any atom is -0.232 e. The Morgan fingerprint density at radius 1 is 1.08 bits per heavy atom. The van der Waals surface area contributed by atoms with E-state index in [4.69, 9.17) is 0 Å². The molecule has 3 rings (SSSR count). The first-order valence-corrected chi connectivity index (χ1v) is 10.2. The normalized spacial score (nSPS) is 11.8. The molecule has 3 aromatic rings. The molecule has 0 saturated carbocycles. The number of rotatable bonds is 7. The van der Waals surface area contributed by atoms with E-state index in [9.17, 15) is 8.42 Å². The Hall–Kier alpha value is -2.48. The van der Waals surface area contributed by atoms with Crippen LogP contribution in [-0.4, -0.2) is 34.5 Å². The minimum atomic E-state index is -3.74. The van der Waals surface area contributed by atoms with Crippen LogP contribution in [-0.2, 0) is 10.0 Å². The van der Waals surface area contributed by atoms with Crippen molar-refractivity contribution >= 4 is 21.7 Å². The van der Waals surface area contributed by atoms with Gasteiger partial charge in [-0.15, -0.1) is 5.10 Å². The van der Waals surface area contributed by atoms with Crippen LogP contribution in [0.3, 0.4) is 0 Å². The van der Waals surface area contributed by atoms with Gasteiger partial charge in [-0.1, -0.05) is 38.0 Å². The van der Waals surface area contributed by atoms with E-state index < -0.39 is 10.0 Å². The number of fused-ring (bicyclic) bond motifs is 1. The van der Waals surface area contributed by atoms with Crippen LogP contribution in [0.4, 0.5) is 5.95 Å². The molecule has 0 aliphatic carbocycles. The summed E-state index contributed by atoms with van der Waals surface area (Å²) in [7, 11) is -3.74. The number of aryl methyl sites for hydroxylation is 2. The lowest BCUT2D eigenvalue weighted by molar-refractivity contribution is 0.585. The summed E-state index contributed by atoms with van der Waals surface area (Å²) >= 11 is 0. The summed E-state index contributed by atoms with van der Waals surface area (Å²) < 4.78 is 29.2. The molecule has 0 atom stereocenters. The largest absolute Gasteiger partial charge is 0.266 e. The molecule has 0 aliphatic rings. The Morgan fingerprint density at radius 2 is 1.81 bits per heavy atom. The summed E-state index contributed by atoms with van der Waals surface area (Å²) in [6, 6.07) is 10.3. The molecule has 0 bridgehead atoms. The van der Waals surface area contributed by atoms with E-state index in [-0.39, 0.29) is 10.8 Å². The standard InChI is InChI=1S/C18H23N5O2S/c1-4-5-9-12-22(26(24,25)16-10-7-6-8-11-16)18-20-17-19-14(2)13-15(3)23(17)21-18/h6-8,10-11,13H,4-5,9,12H2,1-3H3. The Labute approximate surface area is 153 Å². The molecule has 8 heteroatoms. The van der Waals surface area contributed by atoms with Gasteiger partial charge in [0.1, 0.15) is 0 Å². The minimum absolute atomic E-state index is 0.158. The highest BCUT2D eigenvalue weighted by molar-refractivity contribution is 7.92. The number of hydrogen-bond donors (Lipinski definition) is 0. The second-order valence-corrected chi connectivity index (χ2v) is 8.12. The zero-order valence-electron chi connectivity index (χ0n) is 15.3. The van der Waals surface area contributed by atoms with Crippen molar-refractivity contribution in [1.29, 1.82) is 0 Å². The molecule has 2 heterocycles. The van der Waals surface area contributed by atoms with Gasteiger partial charge in [0, 0.05) is 17.9 Å².